The van der Waals surface area contributed by atoms with Gasteiger partial charge >= 0.3 is 0 Å². The van der Waals surface area contributed by atoms with E-state index in [4.69, 9.17) is 5.11 Å². The Kier molecular flexibility index (Phi) is 4.39. The first-order valence-corrected chi connectivity index (χ1v) is 7.62. The lowest BCUT2D eigenvalue weighted by Crippen LogP contribution is -2.35. The summed E-state index contributed by atoms with van der Waals surface area (Å²) in [6.45, 7) is 2.35. The summed E-state index contributed by atoms with van der Waals surface area (Å²) in [6, 6.07) is 18.9. The number of aliphatic hydroxyl groups is 2. The smallest absolute Gasteiger partial charge is 0.109 e. The van der Waals surface area contributed by atoms with Gasteiger partial charge in [-0.15, -0.1) is 0 Å². The van der Waals surface area contributed by atoms with Crippen LogP contribution >= 0.6 is 0 Å². The van der Waals surface area contributed by atoms with E-state index >= 15 is 0 Å². The number of aliphatic hydroxyl groups excluding tert-OH is 2. The van der Waals surface area contributed by atoms with Crippen LogP contribution in [0.2, 0.25) is 0 Å². The van der Waals surface area contributed by atoms with E-state index in [-0.39, 0.29) is 12.5 Å². The highest BCUT2D eigenvalue weighted by Crippen LogP contribution is 2.25. The highest BCUT2D eigenvalue weighted by atomic mass is 16.3. The van der Waals surface area contributed by atoms with Crippen LogP contribution in [0.15, 0.2) is 54.6 Å². The van der Waals surface area contributed by atoms with Crippen LogP contribution in [0.5, 0.6) is 0 Å². The highest BCUT2D eigenvalue weighted by Gasteiger charge is 2.12. The molecule has 2 atom stereocenters. The van der Waals surface area contributed by atoms with Gasteiger partial charge in [-0.1, -0.05) is 49.4 Å². The summed E-state index contributed by atoms with van der Waals surface area (Å²) in [7, 11) is 0. The molecule has 0 spiro atoms. The second kappa shape index (κ2) is 6.44. The molecule has 3 heteroatoms. The van der Waals surface area contributed by atoms with Crippen LogP contribution in [-0.2, 0) is 6.54 Å². The Labute approximate surface area is 130 Å². The van der Waals surface area contributed by atoms with Crippen molar-refractivity contribution in [2.24, 2.45) is 5.92 Å². The van der Waals surface area contributed by atoms with Crippen molar-refractivity contribution in [2.75, 3.05) is 6.61 Å². The third-order valence-corrected chi connectivity index (χ3v) is 4.17. The van der Waals surface area contributed by atoms with Gasteiger partial charge in [0.15, 0.2) is 0 Å². The Morgan fingerprint density at radius 2 is 1.64 bits per heavy atom. The van der Waals surface area contributed by atoms with E-state index in [1.807, 2.05) is 25.1 Å². The number of hydrogen-bond acceptors (Lipinski definition) is 3. The molecule has 0 bridgehead atoms. The van der Waals surface area contributed by atoms with Crippen molar-refractivity contribution in [1.29, 1.82) is 0 Å². The van der Waals surface area contributed by atoms with Crippen molar-refractivity contribution in [2.45, 2.75) is 19.7 Å². The van der Waals surface area contributed by atoms with Gasteiger partial charge in [-0.05, 0) is 39.2 Å². The van der Waals surface area contributed by atoms with E-state index in [0.717, 1.165) is 5.56 Å². The predicted octanol–water partition coefficient (Wildman–Crippen LogP) is 3.03. The molecule has 0 amide bonds. The van der Waals surface area contributed by atoms with E-state index in [9.17, 15) is 5.11 Å². The molecule has 0 heterocycles. The van der Waals surface area contributed by atoms with Crippen LogP contribution in [0.25, 0.3) is 21.5 Å². The first-order chi connectivity index (χ1) is 10.7. The second-order valence-electron chi connectivity index (χ2n) is 5.82. The maximum absolute atomic E-state index is 9.95. The van der Waals surface area contributed by atoms with E-state index in [1.54, 1.807) is 0 Å². The zero-order chi connectivity index (χ0) is 15.5. The Morgan fingerprint density at radius 1 is 0.955 bits per heavy atom. The maximum atomic E-state index is 9.95. The molecule has 114 valence electrons. The fourth-order valence-electron chi connectivity index (χ4n) is 2.70. The molecule has 3 rings (SSSR count). The maximum Gasteiger partial charge on any atom is 0.109 e. The Balaban J connectivity index is 1.94. The van der Waals surface area contributed by atoms with E-state index in [2.05, 4.69) is 41.7 Å². The third kappa shape index (κ3) is 2.97. The van der Waals surface area contributed by atoms with Crippen LogP contribution in [0.3, 0.4) is 0 Å². The molecule has 0 saturated carbocycles. The Bertz CT molecular complexity index is 785. The SMILES string of the molecule is CC(CO)C(O)NCc1cccc2cc3ccccc3cc12. The highest BCUT2D eigenvalue weighted by molar-refractivity contribution is 5.99. The minimum Gasteiger partial charge on any atom is -0.396 e. The van der Waals surface area contributed by atoms with Gasteiger partial charge in [0, 0.05) is 19.1 Å². The predicted molar refractivity (Wildman–Crippen MR) is 90.6 cm³/mol. The van der Waals surface area contributed by atoms with E-state index in [0.29, 0.717) is 6.54 Å². The van der Waals surface area contributed by atoms with Gasteiger partial charge in [-0.2, -0.15) is 0 Å². The number of benzene rings is 3. The molecule has 3 nitrogen and oxygen atoms in total. The molecule has 0 fully saturated rings. The fourth-order valence-corrected chi connectivity index (χ4v) is 2.70. The van der Waals surface area contributed by atoms with Gasteiger partial charge in [0.1, 0.15) is 6.23 Å². The standard InChI is InChI=1S/C19H21NO2/c1-13(12-21)19(22)20-11-17-8-4-7-16-9-14-5-2-3-6-15(14)10-18(16)17/h2-10,13,19-22H,11-12H2,1H3. The molecule has 0 saturated heterocycles. The van der Waals surface area contributed by atoms with Gasteiger partial charge in [0.05, 0.1) is 0 Å². The molecule has 0 aliphatic rings. The van der Waals surface area contributed by atoms with Crippen LogP contribution in [0, 0.1) is 5.92 Å². The summed E-state index contributed by atoms with van der Waals surface area (Å²) in [5, 5.41) is 27.0. The first-order valence-electron chi connectivity index (χ1n) is 7.62. The molecule has 0 aromatic heterocycles. The van der Waals surface area contributed by atoms with Crippen molar-refractivity contribution in [3.63, 3.8) is 0 Å². The number of hydrogen-bond donors (Lipinski definition) is 3. The Morgan fingerprint density at radius 3 is 2.36 bits per heavy atom. The van der Waals surface area contributed by atoms with Crippen LogP contribution in [0.4, 0.5) is 0 Å². The average molecular weight is 295 g/mol. The summed E-state index contributed by atoms with van der Waals surface area (Å²) in [4.78, 5) is 0. The normalized spacial score (nSPS) is 14.3. The molecule has 2 unspecified atom stereocenters. The van der Waals surface area contributed by atoms with Gasteiger partial charge < -0.3 is 10.2 Å². The molecule has 3 aromatic rings. The zero-order valence-corrected chi connectivity index (χ0v) is 12.7. The lowest BCUT2D eigenvalue weighted by molar-refractivity contribution is 0.0495. The first kappa shape index (κ1) is 15.0. The fraction of sp³-hybridized carbons (Fsp3) is 0.263. The minimum atomic E-state index is -0.708. The number of nitrogens with one attached hydrogen (secondary N) is 1. The monoisotopic (exact) mass is 295 g/mol. The van der Waals surface area contributed by atoms with Crippen molar-refractivity contribution in [3.8, 4) is 0 Å². The van der Waals surface area contributed by atoms with Crippen LogP contribution < -0.4 is 5.32 Å². The molecule has 3 aromatic carbocycles. The molecule has 0 aliphatic heterocycles. The average Bonchev–Trinajstić information content (AvgIpc) is 2.57. The zero-order valence-electron chi connectivity index (χ0n) is 12.7. The molecular weight excluding hydrogens is 274 g/mol. The molecule has 0 aliphatic carbocycles. The second-order valence-corrected chi connectivity index (χ2v) is 5.82. The summed E-state index contributed by atoms with van der Waals surface area (Å²) < 4.78 is 0. The van der Waals surface area contributed by atoms with Gasteiger partial charge in [-0.3, -0.25) is 5.32 Å². The van der Waals surface area contributed by atoms with Crippen molar-refractivity contribution in [3.05, 3.63) is 60.2 Å². The van der Waals surface area contributed by atoms with Gasteiger partial charge in [-0.25, -0.2) is 0 Å². The lowest BCUT2D eigenvalue weighted by Gasteiger charge is -2.18. The minimum absolute atomic E-state index is 0.0334. The van der Waals surface area contributed by atoms with Crippen molar-refractivity contribution >= 4 is 21.5 Å². The largest absolute Gasteiger partial charge is 0.396 e. The third-order valence-electron chi connectivity index (χ3n) is 4.17. The van der Waals surface area contributed by atoms with Crippen molar-refractivity contribution < 1.29 is 10.2 Å². The lowest BCUT2D eigenvalue weighted by atomic mass is 9.99. The van der Waals surface area contributed by atoms with Gasteiger partial charge in [0.2, 0.25) is 0 Å². The van der Waals surface area contributed by atoms with Gasteiger partial charge in [0.25, 0.3) is 0 Å². The summed E-state index contributed by atoms with van der Waals surface area (Å²) >= 11 is 0. The topological polar surface area (TPSA) is 52.5 Å². The number of fused-ring (bicyclic) bond motifs is 2. The quantitative estimate of drug-likeness (QED) is 0.501. The molecular formula is C19H21NO2. The van der Waals surface area contributed by atoms with E-state index < -0.39 is 6.23 Å². The summed E-state index contributed by atoms with van der Waals surface area (Å²) in [5.41, 5.74) is 1.15. The summed E-state index contributed by atoms with van der Waals surface area (Å²) in [6.07, 6.45) is -0.708. The van der Waals surface area contributed by atoms with Crippen LogP contribution in [-0.4, -0.2) is 23.0 Å². The Hall–Kier alpha value is -1.94. The molecule has 3 N–H and O–H groups in total. The molecule has 22 heavy (non-hydrogen) atoms. The molecule has 0 radical (unpaired) electrons. The number of rotatable bonds is 5. The van der Waals surface area contributed by atoms with Crippen LogP contribution in [0.1, 0.15) is 12.5 Å². The van der Waals surface area contributed by atoms with Crippen molar-refractivity contribution in [1.82, 2.24) is 5.32 Å². The van der Waals surface area contributed by atoms with E-state index in [1.165, 1.54) is 21.5 Å². The summed E-state index contributed by atoms with van der Waals surface area (Å²) in [5.74, 6) is -0.184.